The lowest BCUT2D eigenvalue weighted by atomic mass is 10.0. The molecule has 1 unspecified atom stereocenters. The number of piperidine rings is 1. The molecule has 1 aliphatic heterocycles. The van der Waals surface area contributed by atoms with Crippen LogP contribution in [0.4, 0.5) is 10.5 Å². The maximum absolute atomic E-state index is 12.4. The van der Waals surface area contributed by atoms with Crippen molar-refractivity contribution in [3.05, 3.63) is 18.2 Å². The molecule has 1 fully saturated rings. The third kappa shape index (κ3) is 3.15. The van der Waals surface area contributed by atoms with Crippen molar-refractivity contribution < 1.29 is 14.3 Å². The first-order valence-corrected chi connectivity index (χ1v) is 6.92. The number of benzene rings is 1. The summed E-state index contributed by atoms with van der Waals surface area (Å²) >= 11 is 0. The Morgan fingerprint density at radius 3 is 2.50 bits per heavy atom. The van der Waals surface area contributed by atoms with Gasteiger partial charge in [-0.05, 0) is 30.9 Å². The van der Waals surface area contributed by atoms with Gasteiger partial charge in [-0.1, -0.05) is 13.0 Å². The third-order valence-corrected chi connectivity index (χ3v) is 3.60. The van der Waals surface area contributed by atoms with E-state index in [4.69, 9.17) is 9.47 Å². The molecule has 2 rings (SSSR count). The average Bonchev–Trinajstić information content (AvgIpc) is 2.47. The molecule has 0 aromatic heterocycles. The molecule has 1 aliphatic rings. The van der Waals surface area contributed by atoms with Gasteiger partial charge < -0.3 is 19.7 Å². The van der Waals surface area contributed by atoms with Crippen LogP contribution in [-0.4, -0.2) is 38.2 Å². The normalized spacial score (nSPS) is 18.6. The molecule has 1 N–H and O–H groups in total. The van der Waals surface area contributed by atoms with Crippen LogP contribution >= 0.6 is 0 Å². The molecule has 1 aromatic rings. The molecular weight excluding hydrogens is 256 g/mol. The van der Waals surface area contributed by atoms with Gasteiger partial charge in [-0.25, -0.2) is 4.79 Å². The molecule has 1 aromatic carbocycles. The van der Waals surface area contributed by atoms with Gasteiger partial charge in [0.25, 0.3) is 0 Å². The zero-order chi connectivity index (χ0) is 14.5. The van der Waals surface area contributed by atoms with Crippen LogP contribution in [0.5, 0.6) is 11.5 Å². The lowest BCUT2D eigenvalue weighted by Crippen LogP contribution is -2.41. The standard InChI is InChI=1S/C15H22N2O3/c1-11-6-5-9-17(10-11)15(18)16-14-12(19-2)7-4-8-13(14)20-3/h4,7-8,11H,5-6,9-10H2,1-3H3,(H,16,18). The number of likely N-dealkylation sites (tertiary alicyclic amines) is 1. The van der Waals surface area contributed by atoms with Crippen LogP contribution in [0, 0.1) is 5.92 Å². The number of methoxy groups -OCH3 is 2. The summed E-state index contributed by atoms with van der Waals surface area (Å²) in [4.78, 5) is 14.2. The van der Waals surface area contributed by atoms with Gasteiger partial charge in [-0.3, -0.25) is 0 Å². The first kappa shape index (κ1) is 14.5. The number of carbonyl (C=O) groups excluding carboxylic acids is 1. The lowest BCUT2D eigenvalue weighted by Gasteiger charge is -2.31. The molecule has 110 valence electrons. The van der Waals surface area contributed by atoms with Crippen LogP contribution in [0.3, 0.4) is 0 Å². The van der Waals surface area contributed by atoms with Gasteiger partial charge in [-0.2, -0.15) is 0 Å². The second-order valence-corrected chi connectivity index (χ2v) is 5.16. The second-order valence-electron chi connectivity index (χ2n) is 5.16. The van der Waals surface area contributed by atoms with Crippen LogP contribution in [0.25, 0.3) is 0 Å². The van der Waals surface area contributed by atoms with Crippen LogP contribution < -0.4 is 14.8 Å². The fourth-order valence-corrected chi connectivity index (χ4v) is 2.53. The van der Waals surface area contributed by atoms with Crippen molar-refractivity contribution in [3.8, 4) is 11.5 Å². The van der Waals surface area contributed by atoms with Gasteiger partial charge in [0.1, 0.15) is 17.2 Å². The number of nitrogens with zero attached hydrogens (tertiary/aromatic N) is 1. The van der Waals surface area contributed by atoms with Gasteiger partial charge in [0, 0.05) is 13.1 Å². The Balaban J connectivity index is 2.14. The summed E-state index contributed by atoms with van der Waals surface area (Å²) in [6.07, 6.45) is 2.24. The number of para-hydroxylation sites is 1. The highest BCUT2D eigenvalue weighted by molar-refractivity contribution is 5.93. The molecule has 1 saturated heterocycles. The molecule has 0 bridgehead atoms. The van der Waals surface area contributed by atoms with Crippen LogP contribution in [0.1, 0.15) is 19.8 Å². The highest BCUT2D eigenvalue weighted by Crippen LogP contribution is 2.34. The number of rotatable bonds is 3. The number of amides is 2. The topological polar surface area (TPSA) is 50.8 Å². The van der Waals surface area contributed by atoms with E-state index < -0.39 is 0 Å². The summed E-state index contributed by atoms with van der Waals surface area (Å²) in [6.45, 7) is 3.76. The molecule has 2 amide bonds. The number of nitrogens with one attached hydrogen (secondary N) is 1. The summed E-state index contributed by atoms with van der Waals surface area (Å²) in [5, 5.41) is 2.91. The Morgan fingerprint density at radius 2 is 1.95 bits per heavy atom. The number of hydrogen-bond acceptors (Lipinski definition) is 3. The molecule has 5 nitrogen and oxygen atoms in total. The number of urea groups is 1. The fraction of sp³-hybridized carbons (Fsp3) is 0.533. The van der Waals surface area contributed by atoms with E-state index in [0.29, 0.717) is 23.1 Å². The Bertz CT molecular complexity index is 454. The van der Waals surface area contributed by atoms with Crippen molar-refractivity contribution in [1.82, 2.24) is 4.90 Å². The number of ether oxygens (including phenoxy) is 2. The zero-order valence-corrected chi connectivity index (χ0v) is 12.3. The first-order chi connectivity index (χ1) is 9.65. The predicted octanol–water partition coefficient (Wildman–Crippen LogP) is 2.97. The van der Waals surface area contributed by atoms with Crippen molar-refractivity contribution in [1.29, 1.82) is 0 Å². The van der Waals surface area contributed by atoms with E-state index in [-0.39, 0.29) is 6.03 Å². The van der Waals surface area contributed by atoms with Crippen molar-refractivity contribution in [3.63, 3.8) is 0 Å². The number of anilines is 1. The smallest absolute Gasteiger partial charge is 0.322 e. The molecule has 1 heterocycles. The molecule has 0 aliphatic carbocycles. The Hall–Kier alpha value is -1.91. The van der Waals surface area contributed by atoms with E-state index >= 15 is 0 Å². The van der Waals surface area contributed by atoms with Gasteiger partial charge in [-0.15, -0.1) is 0 Å². The monoisotopic (exact) mass is 278 g/mol. The van der Waals surface area contributed by atoms with Crippen LogP contribution in [0.2, 0.25) is 0 Å². The number of hydrogen-bond donors (Lipinski definition) is 1. The highest BCUT2D eigenvalue weighted by atomic mass is 16.5. The van der Waals surface area contributed by atoms with Crippen LogP contribution in [0.15, 0.2) is 18.2 Å². The van der Waals surface area contributed by atoms with Gasteiger partial charge >= 0.3 is 6.03 Å². The summed E-state index contributed by atoms with van der Waals surface area (Å²) in [5.74, 6) is 1.75. The zero-order valence-electron chi connectivity index (χ0n) is 12.3. The summed E-state index contributed by atoms with van der Waals surface area (Å²) in [7, 11) is 3.15. The molecule has 0 saturated carbocycles. The Kier molecular flexibility index (Phi) is 4.71. The summed E-state index contributed by atoms with van der Waals surface area (Å²) in [6, 6.07) is 5.34. The van der Waals surface area contributed by atoms with Crippen LogP contribution in [-0.2, 0) is 0 Å². The van der Waals surface area contributed by atoms with Crippen molar-refractivity contribution in [2.45, 2.75) is 19.8 Å². The molecule has 5 heteroatoms. The summed E-state index contributed by atoms with van der Waals surface area (Å²) < 4.78 is 10.6. The molecular formula is C15H22N2O3. The van der Waals surface area contributed by atoms with E-state index in [1.54, 1.807) is 26.4 Å². The second kappa shape index (κ2) is 6.50. The van der Waals surface area contributed by atoms with Gasteiger partial charge in [0.15, 0.2) is 0 Å². The lowest BCUT2D eigenvalue weighted by molar-refractivity contribution is 0.182. The molecule has 0 radical (unpaired) electrons. The molecule has 20 heavy (non-hydrogen) atoms. The molecule has 0 spiro atoms. The minimum absolute atomic E-state index is 0.0978. The van der Waals surface area contributed by atoms with Crippen molar-refractivity contribution in [2.75, 3.05) is 32.6 Å². The van der Waals surface area contributed by atoms with Gasteiger partial charge in [0.05, 0.1) is 14.2 Å². The minimum atomic E-state index is -0.0978. The maximum atomic E-state index is 12.4. The average molecular weight is 278 g/mol. The SMILES string of the molecule is COc1cccc(OC)c1NC(=O)N1CCCC(C)C1. The van der Waals surface area contributed by atoms with Crippen molar-refractivity contribution >= 4 is 11.7 Å². The van der Waals surface area contributed by atoms with E-state index in [2.05, 4.69) is 12.2 Å². The predicted molar refractivity (Wildman–Crippen MR) is 78.5 cm³/mol. The minimum Gasteiger partial charge on any atom is -0.494 e. The fourth-order valence-electron chi connectivity index (χ4n) is 2.53. The summed E-state index contributed by atoms with van der Waals surface area (Å²) in [5.41, 5.74) is 0.584. The van der Waals surface area contributed by atoms with Crippen molar-refractivity contribution in [2.24, 2.45) is 5.92 Å². The van der Waals surface area contributed by atoms with Gasteiger partial charge in [0.2, 0.25) is 0 Å². The maximum Gasteiger partial charge on any atom is 0.322 e. The highest BCUT2D eigenvalue weighted by Gasteiger charge is 2.22. The Labute approximate surface area is 119 Å². The third-order valence-electron chi connectivity index (χ3n) is 3.60. The molecule has 1 atom stereocenters. The first-order valence-electron chi connectivity index (χ1n) is 6.92. The van der Waals surface area contributed by atoms with E-state index in [9.17, 15) is 4.79 Å². The quantitative estimate of drug-likeness (QED) is 0.924. The van der Waals surface area contributed by atoms with E-state index in [1.807, 2.05) is 11.0 Å². The Morgan fingerprint density at radius 1 is 1.30 bits per heavy atom. The largest absolute Gasteiger partial charge is 0.494 e. The number of carbonyl (C=O) groups is 1. The van der Waals surface area contributed by atoms with E-state index in [1.165, 1.54) is 6.42 Å². The van der Waals surface area contributed by atoms with E-state index in [0.717, 1.165) is 19.5 Å².